The van der Waals surface area contributed by atoms with Crippen LogP contribution in [0.5, 0.6) is 0 Å². The second kappa shape index (κ2) is 4.78. The summed E-state index contributed by atoms with van der Waals surface area (Å²) in [7, 11) is 0. The Morgan fingerprint density at radius 3 is 3.00 bits per heavy atom. The van der Waals surface area contributed by atoms with Gasteiger partial charge in [0.1, 0.15) is 5.82 Å². The van der Waals surface area contributed by atoms with Crippen LogP contribution in [0.4, 0.5) is 5.82 Å². The van der Waals surface area contributed by atoms with Gasteiger partial charge in [0.2, 0.25) is 0 Å². The molecule has 6 heteroatoms. The Bertz CT molecular complexity index is 410. The molecule has 0 aromatic carbocycles. The Labute approximate surface area is 106 Å². The summed E-state index contributed by atoms with van der Waals surface area (Å²) in [6.45, 7) is 3.97. The van der Waals surface area contributed by atoms with Gasteiger partial charge in [0, 0.05) is 19.6 Å². The maximum Gasteiger partial charge on any atom is 0.140 e. The van der Waals surface area contributed by atoms with Gasteiger partial charge in [-0.2, -0.15) is 0 Å². The van der Waals surface area contributed by atoms with Gasteiger partial charge in [-0.1, -0.05) is 11.6 Å². The molecule has 1 aromatic rings. The molecule has 0 spiro atoms. The van der Waals surface area contributed by atoms with E-state index in [2.05, 4.69) is 15.3 Å². The van der Waals surface area contributed by atoms with Crippen molar-refractivity contribution in [3.8, 4) is 0 Å². The molecule has 0 bridgehead atoms. The number of nitrogen functional groups attached to an aromatic ring is 1. The number of anilines is 1. The van der Waals surface area contributed by atoms with E-state index in [1.165, 1.54) is 0 Å². The second-order valence-corrected chi connectivity index (χ2v) is 5.13. The molecular formula is C11H17ClN4O. The normalized spacial score (nSPS) is 25.2. The number of nitrogens with one attached hydrogen (secondary N) is 1. The lowest BCUT2D eigenvalue weighted by Gasteiger charge is -2.19. The third kappa shape index (κ3) is 3.07. The van der Waals surface area contributed by atoms with Crippen molar-refractivity contribution in [3.05, 3.63) is 22.8 Å². The number of hydrazine groups is 1. The van der Waals surface area contributed by atoms with Crippen molar-refractivity contribution in [3.63, 3.8) is 0 Å². The van der Waals surface area contributed by atoms with E-state index in [1.54, 1.807) is 12.1 Å². The summed E-state index contributed by atoms with van der Waals surface area (Å²) in [5.41, 5.74) is 2.67. The largest absolute Gasteiger partial charge is 0.389 e. The summed E-state index contributed by atoms with van der Waals surface area (Å²) in [6, 6.07) is 3.50. The van der Waals surface area contributed by atoms with Gasteiger partial charge in [-0.25, -0.2) is 10.8 Å². The maximum atomic E-state index is 9.89. The van der Waals surface area contributed by atoms with Crippen molar-refractivity contribution in [1.82, 2.24) is 9.88 Å². The number of hydrogen-bond acceptors (Lipinski definition) is 5. The van der Waals surface area contributed by atoms with Crippen molar-refractivity contribution in [2.45, 2.75) is 25.5 Å². The minimum atomic E-state index is -0.601. The first-order valence-corrected chi connectivity index (χ1v) is 5.95. The molecule has 1 aliphatic rings. The van der Waals surface area contributed by atoms with Crippen LogP contribution < -0.4 is 11.3 Å². The fourth-order valence-corrected chi connectivity index (χ4v) is 2.23. The molecule has 0 saturated carbocycles. The first-order chi connectivity index (χ1) is 8.00. The SMILES string of the molecule is CC1(O)CCN(Cc2nc(NN)ccc2Cl)C1. The van der Waals surface area contributed by atoms with Crippen molar-refractivity contribution >= 4 is 17.4 Å². The number of nitrogens with two attached hydrogens (primary N) is 1. The Hall–Kier alpha value is -0.880. The lowest BCUT2D eigenvalue weighted by molar-refractivity contribution is 0.0677. The van der Waals surface area contributed by atoms with Gasteiger partial charge >= 0.3 is 0 Å². The summed E-state index contributed by atoms with van der Waals surface area (Å²) < 4.78 is 0. The minimum absolute atomic E-state index is 0.593. The number of aromatic nitrogens is 1. The third-order valence-corrected chi connectivity index (χ3v) is 3.31. The van der Waals surface area contributed by atoms with Crippen LogP contribution in [-0.4, -0.2) is 33.7 Å². The van der Waals surface area contributed by atoms with Crippen LogP contribution in [0.2, 0.25) is 5.02 Å². The van der Waals surface area contributed by atoms with Gasteiger partial charge in [-0.15, -0.1) is 0 Å². The molecule has 0 aliphatic carbocycles. The molecule has 1 unspecified atom stereocenters. The Balaban J connectivity index is 2.08. The zero-order valence-electron chi connectivity index (χ0n) is 9.78. The van der Waals surface area contributed by atoms with E-state index in [0.29, 0.717) is 23.9 Å². The van der Waals surface area contributed by atoms with Gasteiger partial charge in [-0.05, 0) is 25.5 Å². The Morgan fingerprint density at radius 1 is 1.65 bits per heavy atom. The van der Waals surface area contributed by atoms with E-state index in [9.17, 15) is 5.11 Å². The van der Waals surface area contributed by atoms with E-state index in [1.807, 2.05) is 6.92 Å². The summed E-state index contributed by atoms with van der Waals surface area (Å²) in [4.78, 5) is 6.44. The summed E-state index contributed by atoms with van der Waals surface area (Å²) in [6.07, 6.45) is 0.777. The molecule has 4 N–H and O–H groups in total. The second-order valence-electron chi connectivity index (χ2n) is 4.73. The average molecular weight is 257 g/mol. The van der Waals surface area contributed by atoms with E-state index < -0.39 is 5.60 Å². The van der Waals surface area contributed by atoms with Crippen LogP contribution in [0.1, 0.15) is 19.0 Å². The Kier molecular flexibility index (Phi) is 3.53. The van der Waals surface area contributed by atoms with Crippen LogP contribution in [0, 0.1) is 0 Å². The molecule has 5 nitrogen and oxygen atoms in total. The lowest BCUT2D eigenvalue weighted by Crippen LogP contribution is -2.29. The number of rotatable bonds is 3. The number of nitrogens with zero attached hydrogens (tertiary/aromatic N) is 2. The highest BCUT2D eigenvalue weighted by molar-refractivity contribution is 6.31. The molecule has 94 valence electrons. The number of aliphatic hydroxyl groups is 1. The van der Waals surface area contributed by atoms with Crippen molar-refractivity contribution in [2.24, 2.45) is 5.84 Å². The first-order valence-electron chi connectivity index (χ1n) is 5.57. The van der Waals surface area contributed by atoms with Crippen LogP contribution in [0.3, 0.4) is 0 Å². The topological polar surface area (TPSA) is 74.4 Å². The zero-order valence-corrected chi connectivity index (χ0v) is 10.5. The third-order valence-electron chi connectivity index (χ3n) is 2.97. The highest BCUT2D eigenvalue weighted by atomic mass is 35.5. The molecule has 1 aliphatic heterocycles. The van der Waals surface area contributed by atoms with E-state index in [4.69, 9.17) is 17.4 Å². The summed E-state index contributed by atoms with van der Waals surface area (Å²) >= 11 is 6.08. The first kappa shape index (κ1) is 12.6. The number of likely N-dealkylation sites (tertiary alicyclic amines) is 1. The molecule has 1 fully saturated rings. The fourth-order valence-electron chi connectivity index (χ4n) is 2.06. The van der Waals surface area contributed by atoms with Gasteiger partial charge in [-0.3, -0.25) is 4.90 Å². The van der Waals surface area contributed by atoms with Gasteiger partial charge in [0.05, 0.1) is 16.3 Å². The van der Waals surface area contributed by atoms with Crippen molar-refractivity contribution < 1.29 is 5.11 Å². The molecule has 0 amide bonds. The fraction of sp³-hybridized carbons (Fsp3) is 0.545. The smallest absolute Gasteiger partial charge is 0.140 e. The molecule has 1 atom stereocenters. The van der Waals surface area contributed by atoms with Gasteiger partial charge < -0.3 is 10.5 Å². The highest BCUT2D eigenvalue weighted by Gasteiger charge is 2.31. The van der Waals surface area contributed by atoms with Crippen LogP contribution in [0.25, 0.3) is 0 Å². The van der Waals surface area contributed by atoms with Crippen LogP contribution in [0.15, 0.2) is 12.1 Å². The maximum absolute atomic E-state index is 9.89. The molecule has 17 heavy (non-hydrogen) atoms. The van der Waals surface area contributed by atoms with E-state index >= 15 is 0 Å². The predicted octanol–water partition coefficient (Wildman–Crippen LogP) is 0.977. The number of hydrogen-bond donors (Lipinski definition) is 3. The quantitative estimate of drug-likeness (QED) is 0.555. The standard InChI is InChI=1S/C11H17ClN4O/c1-11(17)4-5-16(7-11)6-9-8(12)2-3-10(14-9)15-13/h2-3,17H,4-7,13H2,1H3,(H,14,15). The number of β-amino-alcohol motifs (C(OH)–C–C–N with tert-alkyl or cyclic N) is 1. The van der Waals surface area contributed by atoms with Crippen molar-refractivity contribution in [1.29, 1.82) is 0 Å². The van der Waals surface area contributed by atoms with E-state index in [0.717, 1.165) is 18.7 Å². The lowest BCUT2D eigenvalue weighted by atomic mass is 10.1. The molecule has 1 saturated heterocycles. The highest BCUT2D eigenvalue weighted by Crippen LogP contribution is 2.24. The summed E-state index contributed by atoms with van der Waals surface area (Å²) in [5, 5.41) is 10.5. The van der Waals surface area contributed by atoms with Gasteiger partial charge in [0.25, 0.3) is 0 Å². The summed E-state index contributed by atoms with van der Waals surface area (Å²) in [5.74, 6) is 5.90. The average Bonchev–Trinajstić information content (AvgIpc) is 2.61. The number of pyridine rings is 1. The van der Waals surface area contributed by atoms with Gasteiger partial charge in [0.15, 0.2) is 0 Å². The van der Waals surface area contributed by atoms with Crippen LogP contribution >= 0.6 is 11.6 Å². The predicted molar refractivity (Wildman–Crippen MR) is 67.6 cm³/mol. The minimum Gasteiger partial charge on any atom is -0.389 e. The zero-order chi connectivity index (χ0) is 12.5. The molecule has 1 aromatic heterocycles. The molecule has 2 rings (SSSR count). The number of halogens is 1. The molecule has 0 radical (unpaired) electrons. The molecular weight excluding hydrogens is 240 g/mol. The monoisotopic (exact) mass is 256 g/mol. The van der Waals surface area contributed by atoms with Crippen LogP contribution in [-0.2, 0) is 6.54 Å². The Morgan fingerprint density at radius 2 is 2.41 bits per heavy atom. The van der Waals surface area contributed by atoms with Crippen molar-refractivity contribution in [2.75, 3.05) is 18.5 Å². The van der Waals surface area contributed by atoms with E-state index in [-0.39, 0.29) is 0 Å². The molecule has 2 heterocycles.